The van der Waals surface area contributed by atoms with Crippen molar-refractivity contribution in [3.63, 3.8) is 0 Å². The molecule has 12 heavy (non-hydrogen) atoms. The van der Waals surface area contributed by atoms with E-state index in [1.165, 1.54) is 19.4 Å². The molecule has 0 spiro atoms. The first-order valence-corrected chi connectivity index (χ1v) is 4.83. The predicted molar refractivity (Wildman–Crippen MR) is 41.0 cm³/mol. The molecular weight excluding hydrogens is 546 g/mol. The maximum absolute atomic E-state index is 7.60. The molecule has 0 aliphatic carbocycles. The van der Waals surface area contributed by atoms with Crippen LogP contribution in [0, 0.1) is 52.0 Å². The molecule has 64 valence electrons. The Bertz CT molecular complexity index is 321. The molecule has 0 saturated carbocycles. The molecule has 0 aliphatic rings. The maximum atomic E-state index is 7.60. The van der Waals surface area contributed by atoms with Crippen molar-refractivity contribution in [2.45, 2.75) is 13.8 Å². The summed E-state index contributed by atoms with van der Waals surface area (Å²) >= 11 is 1.19. The van der Waals surface area contributed by atoms with Crippen molar-refractivity contribution in [2.75, 3.05) is 0 Å². The van der Waals surface area contributed by atoms with Crippen LogP contribution in [-0.4, -0.2) is 8.94 Å². The fourth-order valence-electron chi connectivity index (χ4n) is 1.10. The molecule has 0 unspecified atom stereocenters. The molecule has 1 aromatic rings. The molecule has 4 heteroatoms. The van der Waals surface area contributed by atoms with E-state index in [4.69, 9.17) is 1.37 Å². The topological polar surface area (TPSA) is 8.81 Å². The van der Waals surface area contributed by atoms with Gasteiger partial charge in [-0.15, -0.1) is 0 Å². The Morgan fingerprint density at radius 1 is 1.67 bits per heavy atom. The van der Waals surface area contributed by atoms with Gasteiger partial charge in [0, 0.05) is 31.1 Å². The second-order valence-corrected chi connectivity index (χ2v) is 3.30. The second-order valence-electron chi connectivity index (χ2n) is 2.57. The summed E-state index contributed by atoms with van der Waals surface area (Å²) in [6.07, 6.45) is 0. The van der Waals surface area contributed by atoms with Crippen LogP contribution in [0.2, 0.25) is 0 Å². The first-order chi connectivity index (χ1) is 5.46. The van der Waals surface area contributed by atoms with E-state index in [1.807, 2.05) is 30.0 Å². The largest absolute Gasteiger partial charge is 0 e. The van der Waals surface area contributed by atoms with Crippen LogP contribution >= 0.6 is 0 Å². The number of rotatable bonds is 1. The van der Waals surface area contributed by atoms with Crippen molar-refractivity contribution in [2.24, 2.45) is 7.05 Å². The van der Waals surface area contributed by atoms with Gasteiger partial charge in [-0.25, -0.2) is 0 Å². The molecule has 0 N–H and O–H groups in total. The molecule has 0 bridgehead atoms. The molecule has 0 fully saturated rings. The zero-order chi connectivity index (χ0) is 9.46. The van der Waals surface area contributed by atoms with Gasteiger partial charge in [0.25, 0.3) is 0 Å². The van der Waals surface area contributed by atoms with Crippen LogP contribution < -0.4 is 4.57 Å². The van der Waals surface area contributed by atoms with Crippen molar-refractivity contribution < 1.29 is 56.4 Å². The monoisotopic (exact) mass is 560 g/mol. The van der Waals surface area contributed by atoms with Crippen LogP contribution in [-0.2, 0) is 26.4 Å². The Morgan fingerprint density at radius 3 is 2.33 bits per heavy atom. The average molecular weight is 560 g/mol. The van der Waals surface area contributed by atoms with Gasteiger partial charge in [0.05, 0.1) is 0 Å². The van der Waals surface area contributed by atoms with E-state index in [0.29, 0.717) is 4.38 Å². The third-order valence-electron chi connectivity index (χ3n) is 2.06. The fourth-order valence-corrected chi connectivity index (χ4v) is 2.12. The van der Waals surface area contributed by atoms with Crippen LogP contribution in [0.5, 0.6) is 0 Å². The van der Waals surface area contributed by atoms with Crippen molar-refractivity contribution in [1.82, 2.24) is 4.57 Å². The fraction of sp³-hybridized carbons (Fsp3) is 0.375. The molecule has 1 rings (SSSR count). The van der Waals surface area contributed by atoms with E-state index in [2.05, 4.69) is 7.05 Å². The number of hydrogen-bond acceptors (Lipinski definition) is 0. The van der Waals surface area contributed by atoms with Gasteiger partial charge in [-0.2, -0.15) is 0 Å². The summed E-state index contributed by atoms with van der Waals surface area (Å²) in [5, 5.41) is 0. The summed E-state index contributed by atoms with van der Waals surface area (Å²) in [5.74, 6) is 1.08. The van der Waals surface area contributed by atoms with Gasteiger partial charge in [0.15, 0.2) is 0 Å². The minimum absolute atomic E-state index is 0. The van der Waals surface area contributed by atoms with E-state index in [9.17, 15) is 0 Å². The van der Waals surface area contributed by atoms with Gasteiger partial charge in [0.1, 0.15) is 0 Å². The van der Waals surface area contributed by atoms with E-state index in [1.54, 1.807) is 0 Å². The third kappa shape index (κ3) is 1.95. The maximum Gasteiger partial charge on any atom is 0 e. The van der Waals surface area contributed by atoms with Crippen molar-refractivity contribution in [3.8, 4) is 0 Å². The Hall–Kier alpha value is 0.690. The SMILES string of the molecule is [3H][C](=[W])c1c(C)[n+]([CH2-])c(C)n1C.[U]. The molecule has 0 atom stereocenters. The molecule has 1 heterocycles. The summed E-state index contributed by atoms with van der Waals surface area (Å²) in [4.78, 5) is 0. The van der Waals surface area contributed by atoms with Gasteiger partial charge in [-0.1, -0.05) is 0 Å². The number of aromatic nitrogens is 2. The smallest absolute Gasteiger partial charge is 0 e. The van der Waals surface area contributed by atoms with Crippen LogP contribution in [0.1, 0.15) is 18.6 Å². The van der Waals surface area contributed by atoms with Gasteiger partial charge >= 0.3 is 79.4 Å². The zero-order valence-electron chi connectivity index (χ0n) is 8.51. The van der Waals surface area contributed by atoms with Crippen molar-refractivity contribution >= 4 is 4.38 Å². The van der Waals surface area contributed by atoms with Gasteiger partial charge in [-0.05, 0) is 0 Å². The summed E-state index contributed by atoms with van der Waals surface area (Å²) in [5.41, 5.74) is 2.06. The van der Waals surface area contributed by atoms with Crippen LogP contribution in [0.15, 0.2) is 0 Å². The quantitative estimate of drug-likeness (QED) is 0.345. The second kappa shape index (κ2) is 4.80. The van der Waals surface area contributed by atoms with E-state index < -0.39 is 0 Å². The summed E-state index contributed by atoms with van der Waals surface area (Å²) in [6, 6.07) is 0. The first-order valence-electron chi connectivity index (χ1n) is 3.86. The number of hydrogen-bond donors (Lipinski definition) is 0. The van der Waals surface area contributed by atoms with Gasteiger partial charge in [-0.3, -0.25) is 0 Å². The average Bonchev–Trinajstić information content (AvgIpc) is 2.16. The molecule has 2 nitrogen and oxygen atoms in total. The van der Waals surface area contributed by atoms with Crippen molar-refractivity contribution in [1.29, 1.82) is 0 Å². The van der Waals surface area contributed by atoms with E-state index in [0.717, 1.165) is 17.2 Å². The number of imidazole rings is 1. The molecule has 0 aromatic carbocycles. The molecule has 1 aromatic heterocycles. The van der Waals surface area contributed by atoms with Crippen molar-refractivity contribution in [3.05, 3.63) is 24.3 Å². The Balaban J connectivity index is 0.00000144. The standard InChI is InChI=1S/C8H12N2.U.W/c1-6-7(2)10(5)8(3)9(6)4;;/h1H,5H2,2-4H3;;/i1T;;. The minimum atomic E-state index is 0. The number of nitrogens with zero attached hydrogens (tertiary/aromatic N) is 2. The molecule has 0 radical (unpaired) electrons. The third-order valence-corrected chi connectivity index (χ3v) is 2.75. The van der Waals surface area contributed by atoms with E-state index in [-0.39, 0.29) is 31.1 Å². The van der Waals surface area contributed by atoms with Crippen LogP contribution in [0.25, 0.3) is 0 Å². The van der Waals surface area contributed by atoms with E-state index >= 15 is 0 Å². The Morgan fingerprint density at radius 2 is 2.17 bits per heavy atom. The summed E-state index contributed by atoms with van der Waals surface area (Å²) in [7, 11) is 5.86. The molecule has 0 saturated heterocycles. The molecule has 0 amide bonds. The van der Waals surface area contributed by atoms with Gasteiger partial charge < -0.3 is 0 Å². The molecular formula is C8H12N2UW. The molecule has 0 aliphatic heterocycles. The Kier molecular flexibility index (Phi) is 4.30. The normalized spacial score (nSPS) is 10.4. The van der Waals surface area contributed by atoms with Crippen LogP contribution in [0.3, 0.4) is 0 Å². The summed E-state index contributed by atoms with van der Waals surface area (Å²) < 4.78 is 12.1. The Labute approximate surface area is 110 Å². The zero-order valence-corrected chi connectivity index (χ0v) is 14.6. The van der Waals surface area contributed by atoms with Gasteiger partial charge in [0.2, 0.25) is 0 Å². The minimum Gasteiger partial charge on any atom is 0 e. The predicted octanol–water partition coefficient (Wildman–Crippen LogP) is 0.266. The van der Waals surface area contributed by atoms with Crippen LogP contribution in [0.4, 0.5) is 0 Å². The first kappa shape index (κ1) is 10.8. The summed E-state index contributed by atoms with van der Waals surface area (Å²) in [6.45, 7) is 3.99.